The van der Waals surface area contributed by atoms with Crippen LogP contribution in [-0.2, 0) is 0 Å². The molecule has 1 saturated heterocycles. The van der Waals surface area contributed by atoms with Gasteiger partial charge in [0.25, 0.3) is 5.91 Å². The maximum Gasteiger partial charge on any atom is 0.387 e. The van der Waals surface area contributed by atoms with Crippen LogP contribution in [0.3, 0.4) is 0 Å². The van der Waals surface area contributed by atoms with Crippen molar-refractivity contribution in [3.05, 3.63) is 29.7 Å². The summed E-state index contributed by atoms with van der Waals surface area (Å²) in [7, 11) is 3.29. The Hall–Kier alpha value is -3.12. The molecule has 1 aliphatic heterocycles. The summed E-state index contributed by atoms with van der Waals surface area (Å²) in [6, 6.07) is 3.35. The van der Waals surface area contributed by atoms with E-state index in [-0.39, 0.29) is 59.2 Å². The zero-order chi connectivity index (χ0) is 26.0. The first kappa shape index (κ1) is 28.5. The predicted molar refractivity (Wildman–Crippen MR) is 133 cm³/mol. The molecule has 1 aromatic carbocycles. The highest BCUT2D eigenvalue weighted by molar-refractivity contribution is 5.94. The zero-order valence-electron chi connectivity index (χ0n) is 20.9. The summed E-state index contributed by atoms with van der Waals surface area (Å²) in [5.41, 5.74) is 6.58. The second-order valence-corrected chi connectivity index (χ2v) is 9.40. The average Bonchev–Trinajstić information content (AvgIpc) is 3.35. The minimum absolute atomic E-state index is 0. The molecule has 0 spiro atoms. The number of alkyl halides is 2. The van der Waals surface area contributed by atoms with Gasteiger partial charge in [-0.1, -0.05) is 0 Å². The Morgan fingerprint density at radius 3 is 2.62 bits per heavy atom. The number of oxazole rings is 1. The third kappa shape index (κ3) is 7.01. The molecule has 204 valence electrons. The van der Waals surface area contributed by atoms with Gasteiger partial charge in [0.2, 0.25) is 5.89 Å². The number of amides is 3. The van der Waals surface area contributed by atoms with E-state index in [4.69, 9.17) is 14.9 Å². The molecule has 0 radical (unpaired) electrons. The fourth-order valence-corrected chi connectivity index (χ4v) is 3.87. The Morgan fingerprint density at radius 2 is 2.00 bits per heavy atom. The van der Waals surface area contributed by atoms with Crippen molar-refractivity contribution >= 4 is 24.3 Å². The smallest absolute Gasteiger partial charge is 0.387 e. The van der Waals surface area contributed by atoms with Crippen molar-refractivity contribution in [3.8, 4) is 23.0 Å². The average molecular weight is 544 g/mol. The standard InChI is InChI=1S/C24H31F2N5O5.ClH/c1-13(27)20-19(22(32)31-9-8-16(11-31)28-24(33)30(2)3)29-21(36-20)15-6-7-17(35-23(25)26)18(10-15)34-12-14-4-5-14;/h6-7,10,13-14,16,23H,4-5,8-9,11-12,27H2,1-3H3,(H,28,33);1H/t13-,16-;/m0./s1. The number of hydrogen-bond donors (Lipinski definition) is 2. The number of likely N-dealkylation sites (tertiary alicyclic amines) is 1. The molecule has 2 aliphatic rings. The lowest BCUT2D eigenvalue weighted by Gasteiger charge is -2.18. The second-order valence-electron chi connectivity index (χ2n) is 9.40. The summed E-state index contributed by atoms with van der Waals surface area (Å²) < 4.78 is 41.9. The Morgan fingerprint density at radius 1 is 1.27 bits per heavy atom. The molecule has 2 aromatic rings. The van der Waals surface area contributed by atoms with Crippen LogP contribution >= 0.6 is 12.4 Å². The lowest BCUT2D eigenvalue weighted by molar-refractivity contribution is -0.0515. The molecule has 4 rings (SSSR count). The number of nitrogens with two attached hydrogens (primary N) is 1. The molecule has 2 heterocycles. The molecule has 1 aliphatic carbocycles. The van der Waals surface area contributed by atoms with Crippen molar-refractivity contribution < 1.29 is 32.3 Å². The van der Waals surface area contributed by atoms with Gasteiger partial charge in [0, 0.05) is 38.8 Å². The van der Waals surface area contributed by atoms with Crippen LogP contribution in [0, 0.1) is 5.92 Å². The van der Waals surface area contributed by atoms with E-state index in [1.54, 1.807) is 25.9 Å². The van der Waals surface area contributed by atoms with Gasteiger partial charge in [-0.05, 0) is 50.3 Å². The van der Waals surface area contributed by atoms with Gasteiger partial charge in [0.05, 0.1) is 12.6 Å². The fraction of sp³-hybridized carbons (Fsp3) is 0.542. The first-order chi connectivity index (χ1) is 17.1. The summed E-state index contributed by atoms with van der Waals surface area (Å²) in [6.07, 6.45) is 2.67. The molecule has 10 nitrogen and oxygen atoms in total. The van der Waals surface area contributed by atoms with E-state index in [9.17, 15) is 18.4 Å². The number of nitrogens with zero attached hydrogens (tertiary/aromatic N) is 3. The van der Waals surface area contributed by atoms with Crippen LogP contribution in [0.4, 0.5) is 13.6 Å². The quantitative estimate of drug-likeness (QED) is 0.495. The number of nitrogens with one attached hydrogen (secondary N) is 1. The fourth-order valence-electron chi connectivity index (χ4n) is 3.87. The third-order valence-electron chi connectivity index (χ3n) is 6.06. The topological polar surface area (TPSA) is 123 Å². The predicted octanol–water partition coefficient (Wildman–Crippen LogP) is 3.66. The zero-order valence-corrected chi connectivity index (χ0v) is 21.7. The van der Waals surface area contributed by atoms with E-state index in [1.165, 1.54) is 23.1 Å². The number of benzene rings is 1. The van der Waals surface area contributed by atoms with Crippen molar-refractivity contribution in [3.63, 3.8) is 0 Å². The Balaban J connectivity index is 0.00000380. The first-order valence-electron chi connectivity index (χ1n) is 11.9. The lowest BCUT2D eigenvalue weighted by atomic mass is 10.2. The Labute approximate surface area is 219 Å². The number of carbonyl (C=O) groups is 2. The van der Waals surface area contributed by atoms with Crippen LogP contribution in [0.1, 0.15) is 48.5 Å². The van der Waals surface area contributed by atoms with Crippen LogP contribution in [0.15, 0.2) is 22.6 Å². The van der Waals surface area contributed by atoms with Gasteiger partial charge in [0.15, 0.2) is 23.0 Å². The first-order valence-corrected chi connectivity index (χ1v) is 11.9. The number of urea groups is 1. The molecule has 2 fully saturated rings. The summed E-state index contributed by atoms with van der Waals surface area (Å²) in [6.45, 7) is -0.158. The molecule has 0 bridgehead atoms. The van der Waals surface area contributed by atoms with Gasteiger partial charge in [-0.2, -0.15) is 8.78 Å². The largest absolute Gasteiger partial charge is 0.489 e. The van der Waals surface area contributed by atoms with Crippen LogP contribution in [0.5, 0.6) is 11.5 Å². The Kier molecular flexibility index (Phi) is 9.19. The number of ether oxygens (including phenoxy) is 2. The second kappa shape index (κ2) is 12.0. The van der Waals surface area contributed by atoms with E-state index in [0.29, 0.717) is 37.6 Å². The van der Waals surface area contributed by atoms with Crippen LogP contribution in [0.2, 0.25) is 0 Å². The molecular weight excluding hydrogens is 512 g/mol. The number of halogens is 3. The van der Waals surface area contributed by atoms with Gasteiger partial charge in [-0.15, -0.1) is 12.4 Å². The van der Waals surface area contributed by atoms with Crippen LogP contribution in [-0.4, -0.2) is 73.2 Å². The van der Waals surface area contributed by atoms with Crippen molar-refractivity contribution in [2.24, 2.45) is 11.7 Å². The van der Waals surface area contributed by atoms with Crippen molar-refractivity contribution in [2.75, 3.05) is 33.8 Å². The van der Waals surface area contributed by atoms with Gasteiger partial charge >= 0.3 is 12.6 Å². The van der Waals surface area contributed by atoms with Crippen molar-refractivity contribution in [1.82, 2.24) is 20.1 Å². The molecule has 1 saturated carbocycles. The molecule has 3 N–H and O–H groups in total. The summed E-state index contributed by atoms with van der Waals surface area (Å²) in [4.78, 5) is 32.7. The molecule has 13 heteroatoms. The number of rotatable bonds is 9. The summed E-state index contributed by atoms with van der Waals surface area (Å²) >= 11 is 0. The highest BCUT2D eigenvalue weighted by Crippen LogP contribution is 2.37. The number of carbonyl (C=O) groups excluding carboxylic acids is 2. The third-order valence-corrected chi connectivity index (χ3v) is 6.06. The molecule has 3 amide bonds. The maximum atomic E-state index is 13.3. The van der Waals surface area contributed by atoms with Crippen LogP contribution < -0.4 is 20.5 Å². The monoisotopic (exact) mass is 543 g/mol. The van der Waals surface area contributed by atoms with Crippen LogP contribution in [0.25, 0.3) is 11.5 Å². The van der Waals surface area contributed by atoms with Gasteiger partial charge in [0.1, 0.15) is 0 Å². The minimum atomic E-state index is -3.00. The van der Waals surface area contributed by atoms with Gasteiger partial charge in [-0.25, -0.2) is 9.78 Å². The van der Waals surface area contributed by atoms with E-state index >= 15 is 0 Å². The van der Waals surface area contributed by atoms with E-state index < -0.39 is 12.7 Å². The molecule has 1 aromatic heterocycles. The molecular formula is C24H32ClF2N5O5. The molecule has 37 heavy (non-hydrogen) atoms. The van der Waals surface area contributed by atoms with E-state index in [2.05, 4.69) is 15.0 Å². The van der Waals surface area contributed by atoms with E-state index in [1.807, 2.05) is 0 Å². The molecule has 0 unspecified atom stereocenters. The number of hydrogen-bond acceptors (Lipinski definition) is 7. The van der Waals surface area contributed by atoms with Gasteiger partial charge < -0.3 is 34.7 Å². The van der Waals surface area contributed by atoms with E-state index in [0.717, 1.165) is 12.8 Å². The highest BCUT2D eigenvalue weighted by atomic mass is 35.5. The van der Waals surface area contributed by atoms with Gasteiger partial charge in [-0.3, -0.25) is 4.79 Å². The van der Waals surface area contributed by atoms with Crippen molar-refractivity contribution in [1.29, 1.82) is 0 Å². The normalized spacial score (nSPS) is 17.8. The highest BCUT2D eigenvalue weighted by Gasteiger charge is 2.33. The van der Waals surface area contributed by atoms with Crippen molar-refractivity contribution in [2.45, 2.75) is 44.9 Å². The number of aromatic nitrogens is 1. The lowest BCUT2D eigenvalue weighted by Crippen LogP contribution is -2.43. The molecule has 2 atom stereocenters. The minimum Gasteiger partial charge on any atom is -0.489 e. The Bertz CT molecular complexity index is 1110. The summed E-state index contributed by atoms with van der Waals surface area (Å²) in [5.74, 6) is 0.420. The summed E-state index contributed by atoms with van der Waals surface area (Å²) in [5, 5.41) is 2.88. The maximum absolute atomic E-state index is 13.3. The SMILES string of the molecule is C[C@H](N)c1oc(-c2ccc(OC(F)F)c(OCC3CC3)c2)nc1C(=O)N1CC[C@H](NC(=O)N(C)C)C1.Cl.